The molecule has 2 aliphatic heterocycles. The summed E-state index contributed by atoms with van der Waals surface area (Å²) in [7, 11) is 0. The average Bonchev–Trinajstić information content (AvgIpc) is 3.34. The van der Waals surface area contributed by atoms with E-state index in [1.165, 1.54) is 6.07 Å². The SMILES string of the molecule is O=C(NC[C@@H]1CCCO1)c1cc2n(n1)[C@H](C(F)(F)F)C[C@@H](c1ccc(Br)cc1)N2. The van der Waals surface area contributed by atoms with E-state index >= 15 is 0 Å². The number of carbonyl (C=O) groups excluding carboxylic acids is 1. The lowest BCUT2D eigenvalue weighted by atomic mass is 9.97. The van der Waals surface area contributed by atoms with Gasteiger partial charge in [-0.3, -0.25) is 4.79 Å². The largest absolute Gasteiger partial charge is 0.410 e. The van der Waals surface area contributed by atoms with Crippen LogP contribution in [-0.4, -0.2) is 41.1 Å². The van der Waals surface area contributed by atoms with E-state index in [-0.39, 0.29) is 24.0 Å². The Morgan fingerprint density at radius 1 is 1.34 bits per heavy atom. The molecule has 1 saturated heterocycles. The maximum Gasteiger partial charge on any atom is 0.410 e. The molecule has 2 N–H and O–H groups in total. The first-order chi connectivity index (χ1) is 13.8. The van der Waals surface area contributed by atoms with Gasteiger partial charge in [0.25, 0.3) is 5.91 Å². The summed E-state index contributed by atoms with van der Waals surface area (Å²) in [5.41, 5.74) is 0.690. The molecule has 0 saturated carbocycles. The van der Waals surface area contributed by atoms with E-state index in [0.29, 0.717) is 13.2 Å². The summed E-state index contributed by atoms with van der Waals surface area (Å²) < 4.78 is 48.3. The highest BCUT2D eigenvalue weighted by Crippen LogP contribution is 2.43. The molecule has 0 unspecified atom stereocenters. The number of hydrogen-bond acceptors (Lipinski definition) is 4. The predicted molar refractivity (Wildman–Crippen MR) is 104 cm³/mol. The van der Waals surface area contributed by atoms with E-state index < -0.39 is 24.2 Å². The quantitative estimate of drug-likeness (QED) is 0.698. The minimum absolute atomic E-state index is 0.0452. The Kier molecular flexibility index (Phi) is 5.56. The van der Waals surface area contributed by atoms with Crippen LogP contribution in [0.15, 0.2) is 34.8 Å². The molecule has 1 aromatic heterocycles. The number of amides is 1. The molecule has 0 spiro atoms. The van der Waals surface area contributed by atoms with Gasteiger partial charge in [0.1, 0.15) is 5.82 Å². The van der Waals surface area contributed by atoms with Gasteiger partial charge in [-0.2, -0.15) is 18.3 Å². The molecule has 10 heteroatoms. The minimum Gasteiger partial charge on any atom is -0.376 e. The van der Waals surface area contributed by atoms with Gasteiger partial charge in [-0.25, -0.2) is 4.68 Å². The zero-order chi connectivity index (χ0) is 20.6. The zero-order valence-corrected chi connectivity index (χ0v) is 17.0. The number of rotatable bonds is 4. The van der Waals surface area contributed by atoms with Crippen molar-refractivity contribution in [3.8, 4) is 0 Å². The van der Waals surface area contributed by atoms with Gasteiger partial charge in [-0.15, -0.1) is 0 Å². The molecule has 1 amide bonds. The number of fused-ring (bicyclic) bond motifs is 1. The molecular formula is C19H20BrF3N4O2. The lowest BCUT2D eigenvalue weighted by molar-refractivity contribution is -0.173. The topological polar surface area (TPSA) is 68.2 Å². The lowest BCUT2D eigenvalue weighted by Crippen LogP contribution is -2.36. The Bertz CT molecular complexity index is 879. The summed E-state index contributed by atoms with van der Waals surface area (Å²) in [4.78, 5) is 12.4. The van der Waals surface area contributed by atoms with E-state index in [1.807, 2.05) is 0 Å². The van der Waals surface area contributed by atoms with Crippen LogP contribution in [0.1, 0.15) is 47.4 Å². The first-order valence-electron chi connectivity index (χ1n) is 9.39. The van der Waals surface area contributed by atoms with Crippen molar-refractivity contribution in [2.24, 2.45) is 0 Å². The Hall–Kier alpha value is -2.07. The van der Waals surface area contributed by atoms with E-state index in [9.17, 15) is 18.0 Å². The molecule has 0 radical (unpaired) electrons. The molecule has 0 bridgehead atoms. The highest BCUT2D eigenvalue weighted by Gasteiger charge is 2.46. The fourth-order valence-corrected chi connectivity index (χ4v) is 3.96. The maximum atomic E-state index is 13.7. The van der Waals surface area contributed by atoms with Crippen molar-refractivity contribution in [3.63, 3.8) is 0 Å². The molecule has 156 valence electrons. The first kappa shape index (κ1) is 20.2. The molecule has 4 rings (SSSR count). The third kappa shape index (κ3) is 4.42. The molecule has 1 fully saturated rings. The third-order valence-corrected chi connectivity index (χ3v) is 5.74. The Morgan fingerprint density at radius 2 is 2.10 bits per heavy atom. The summed E-state index contributed by atoms with van der Waals surface area (Å²) in [5.74, 6) is -0.334. The van der Waals surface area contributed by atoms with Crippen LogP contribution < -0.4 is 10.6 Å². The van der Waals surface area contributed by atoms with E-state index in [1.54, 1.807) is 24.3 Å². The second-order valence-electron chi connectivity index (χ2n) is 7.25. The molecule has 3 atom stereocenters. The van der Waals surface area contributed by atoms with E-state index in [0.717, 1.165) is 27.6 Å². The second kappa shape index (κ2) is 7.98. The van der Waals surface area contributed by atoms with Gasteiger partial charge >= 0.3 is 6.18 Å². The molecule has 2 aliphatic rings. The van der Waals surface area contributed by atoms with E-state index in [2.05, 4.69) is 31.7 Å². The Morgan fingerprint density at radius 3 is 2.76 bits per heavy atom. The van der Waals surface area contributed by atoms with E-state index in [4.69, 9.17) is 4.74 Å². The number of ether oxygens (including phenoxy) is 1. The van der Waals surface area contributed by atoms with Crippen molar-refractivity contribution in [1.29, 1.82) is 0 Å². The maximum absolute atomic E-state index is 13.7. The van der Waals surface area contributed by atoms with Gasteiger partial charge in [0.2, 0.25) is 0 Å². The molecular weight excluding hydrogens is 453 g/mol. The monoisotopic (exact) mass is 472 g/mol. The highest BCUT2D eigenvalue weighted by molar-refractivity contribution is 9.10. The number of hydrogen-bond donors (Lipinski definition) is 2. The Labute approximate surface area is 173 Å². The fourth-order valence-electron chi connectivity index (χ4n) is 3.70. The van der Waals surface area contributed by atoms with Crippen LogP contribution in [0.25, 0.3) is 0 Å². The smallest absolute Gasteiger partial charge is 0.376 e. The molecule has 6 nitrogen and oxygen atoms in total. The van der Waals surface area contributed by atoms with Crippen molar-refractivity contribution in [2.75, 3.05) is 18.5 Å². The number of carbonyl (C=O) groups is 1. The Balaban J connectivity index is 1.56. The number of nitrogens with zero attached hydrogens (tertiary/aromatic N) is 2. The molecule has 1 aromatic carbocycles. The van der Waals surface area contributed by atoms with Crippen LogP contribution in [0.5, 0.6) is 0 Å². The van der Waals surface area contributed by atoms with Crippen LogP contribution >= 0.6 is 15.9 Å². The zero-order valence-electron chi connectivity index (χ0n) is 15.4. The first-order valence-corrected chi connectivity index (χ1v) is 10.2. The minimum atomic E-state index is -4.48. The fraction of sp³-hybridized carbons (Fsp3) is 0.474. The van der Waals surface area contributed by atoms with Crippen molar-refractivity contribution in [1.82, 2.24) is 15.1 Å². The van der Waals surface area contributed by atoms with Crippen molar-refractivity contribution < 1.29 is 22.7 Å². The van der Waals surface area contributed by atoms with Crippen molar-refractivity contribution >= 4 is 27.7 Å². The van der Waals surface area contributed by atoms with Gasteiger partial charge in [0, 0.05) is 30.1 Å². The predicted octanol–water partition coefficient (Wildman–Crippen LogP) is 4.21. The van der Waals surface area contributed by atoms with Crippen LogP contribution in [0.4, 0.5) is 19.0 Å². The van der Waals surface area contributed by atoms with Crippen molar-refractivity contribution in [2.45, 2.75) is 43.6 Å². The molecule has 0 aliphatic carbocycles. The number of aromatic nitrogens is 2. The van der Waals surface area contributed by atoms with Gasteiger partial charge in [-0.1, -0.05) is 28.1 Å². The number of alkyl halides is 3. The lowest BCUT2D eigenvalue weighted by Gasteiger charge is -2.33. The van der Waals surface area contributed by atoms with Gasteiger partial charge in [-0.05, 0) is 30.5 Å². The number of benzene rings is 1. The highest BCUT2D eigenvalue weighted by atomic mass is 79.9. The van der Waals surface area contributed by atoms with Crippen LogP contribution in [0, 0.1) is 0 Å². The summed E-state index contributed by atoms with van der Waals surface area (Å²) in [6, 6.07) is 6.14. The molecule has 3 heterocycles. The van der Waals surface area contributed by atoms with Gasteiger partial charge < -0.3 is 15.4 Å². The molecule has 29 heavy (non-hydrogen) atoms. The standard InChI is InChI=1S/C19H20BrF3N4O2/c20-12-5-3-11(4-6-12)14-8-16(19(21,22)23)27-17(25-14)9-15(26-27)18(28)24-10-13-2-1-7-29-13/h3-6,9,13-14,16,25H,1-2,7-8,10H2,(H,24,28)/t13-,14-,16-/m0/s1. The van der Waals surface area contributed by atoms with Crippen LogP contribution in [-0.2, 0) is 4.74 Å². The van der Waals surface area contributed by atoms with Crippen LogP contribution in [0.3, 0.4) is 0 Å². The number of anilines is 1. The number of halogens is 4. The van der Waals surface area contributed by atoms with Gasteiger partial charge in [0.15, 0.2) is 11.7 Å². The number of nitrogens with one attached hydrogen (secondary N) is 2. The normalized spacial score (nSPS) is 24.1. The third-order valence-electron chi connectivity index (χ3n) is 5.21. The summed E-state index contributed by atoms with van der Waals surface area (Å²) >= 11 is 3.33. The summed E-state index contributed by atoms with van der Waals surface area (Å²) in [6.07, 6.45) is -2.96. The van der Waals surface area contributed by atoms with Gasteiger partial charge in [0.05, 0.1) is 12.1 Å². The second-order valence-corrected chi connectivity index (χ2v) is 8.16. The summed E-state index contributed by atoms with van der Waals surface area (Å²) in [5, 5.41) is 9.75. The van der Waals surface area contributed by atoms with Crippen LogP contribution in [0.2, 0.25) is 0 Å². The molecule has 2 aromatic rings. The average molecular weight is 473 g/mol. The van der Waals surface area contributed by atoms with Crippen molar-refractivity contribution in [3.05, 3.63) is 46.1 Å². The summed E-state index contributed by atoms with van der Waals surface area (Å²) in [6.45, 7) is 0.979.